The summed E-state index contributed by atoms with van der Waals surface area (Å²) in [6.07, 6.45) is 2.72. The number of hydrogen-bond donors (Lipinski definition) is 2. The van der Waals surface area contributed by atoms with Crippen molar-refractivity contribution in [2.45, 2.75) is 26.7 Å². The monoisotopic (exact) mass is 415 g/mol. The quantitative estimate of drug-likeness (QED) is 0.629. The molecule has 0 aromatic carbocycles. The number of amides is 1. The van der Waals surface area contributed by atoms with Gasteiger partial charge >= 0.3 is 5.92 Å². The first kappa shape index (κ1) is 21.0. The van der Waals surface area contributed by atoms with Crippen LogP contribution >= 0.6 is 0 Å². The van der Waals surface area contributed by atoms with Crippen LogP contribution in [0.5, 0.6) is 5.88 Å². The minimum atomic E-state index is -3.20. The van der Waals surface area contributed by atoms with Gasteiger partial charge in [0.25, 0.3) is 0 Å². The van der Waals surface area contributed by atoms with E-state index < -0.39 is 11.7 Å². The SMILES string of the molecule is COc1cc(-c2cnc(NC(C)=O)cc2Nc2ccnc(C(C)(F)F)n2)nc(C)n1. The van der Waals surface area contributed by atoms with Crippen LogP contribution in [-0.4, -0.2) is 37.9 Å². The number of nitrogens with zero attached hydrogens (tertiary/aromatic N) is 5. The van der Waals surface area contributed by atoms with Crippen molar-refractivity contribution in [3.8, 4) is 17.1 Å². The molecule has 0 saturated heterocycles. The summed E-state index contributed by atoms with van der Waals surface area (Å²) in [5.74, 6) is -2.90. The van der Waals surface area contributed by atoms with Crippen LogP contribution in [0.4, 0.5) is 26.1 Å². The number of anilines is 3. The predicted octanol–water partition coefficient (Wildman–Crippen LogP) is 3.46. The summed E-state index contributed by atoms with van der Waals surface area (Å²) in [4.78, 5) is 31.7. The van der Waals surface area contributed by atoms with Gasteiger partial charge in [0.15, 0.2) is 0 Å². The van der Waals surface area contributed by atoms with Crippen molar-refractivity contribution in [1.82, 2.24) is 24.9 Å². The van der Waals surface area contributed by atoms with Crippen molar-refractivity contribution >= 4 is 23.2 Å². The standard InChI is InChI=1S/C19H19F2N7O2/c1-10-24-14(8-17(25-10)30-4)12-9-23-16(26-11(2)29)7-13(12)27-15-5-6-22-18(28-15)19(3,20)21/h5-9H,1-4H3,(H2,22,23,26,27,28,29). The molecule has 1 amide bonds. The third-order valence-corrected chi connectivity index (χ3v) is 3.82. The molecule has 0 aliphatic heterocycles. The van der Waals surface area contributed by atoms with E-state index in [9.17, 15) is 13.6 Å². The van der Waals surface area contributed by atoms with Crippen molar-refractivity contribution in [2.75, 3.05) is 17.7 Å². The fourth-order valence-electron chi connectivity index (χ4n) is 2.57. The number of ether oxygens (including phenoxy) is 1. The van der Waals surface area contributed by atoms with Gasteiger partial charge in [0.05, 0.1) is 18.5 Å². The summed E-state index contributed by atoms with van der Waals surface area (Å²) in [5, 5.41) is 5.56. The van der Waals surface area contributed by atoms with Crippen LogP contribution in [0.2, 0.25) is 0 Å². The Morgan fingerprint density at radius 3 is 2.57 bits per heavy atom. The van der Waals surface area contributed by atoms with Crippen LogP contribution in [0.3, 0.4) is 0 Å². The van der Waals surface area contributed by atoms with Crippen LogP contribution in [0.1, 0.15) is 25.5 Å². The zero-order chi connectivity index (χ0) is 21.9. The summed E-state index contributed by atoms with van der Waals surface area (Å²) in [6.45, 7) is 3.77. The van der Waals surface area contributed by atoms with Gasteiger partial charge in [-0.15, -0.1) is 0 Å². The molecule has 0 aliphatic rings. The summed E-state index contributed by atoms with van der Waals surface area (Å²) in [7, 11) is 1.48. The van der Waals surface area contributed by atoms with Crippen molar-refractivity contribution in [2.24, 2.45) is 0 Å². The number of hydrogen-bond acceptors (Lipinski definition) is 8. The van der Waals surface area contributed by atoms with E-state index in [1.165, 1.54) is 32.5 Å². The number of carbonyl (C=O) groups is 1. The lowest BCUT2D eigenvalue weighted by Crippen LogP contribution is -2.13. The lowest BCUT2D eigenvalue weighted by atomic mass is 10.1. The Kier molecular flexibility index (Phi) is 5.81. The average Bonchev–Trinajstić information content (AvgIpc) is 2.66. The zero-order valence-corrected chi connectivity index (χ0v) is 16.7. The van der Waals surface area contributed by atoms with E-state index in [1.807, 2.05) is 0 Å². The molecular weight excluding hydrogens is 396 g/mol. The molecule has 30 heavy (non-hydrogen) atoms. The van der Waals surface area contributed by atoms with Crippen molar-refractivity contribution in [3.05, 3.63) is 42.2 Å². The highest BCUT2D eigenvalue weighted by Crippen LogP contribution is 2.32. The van der Waals surface area contributed by atoms with Crippen LogP contribution in [0, 0.1) is 6.92 Å². The number of aryl methyl sites for hydroxylation is 1. The lowest BCUT2D eigenvalue weighted by Gasteiger charge is -2.15. The Balaban J connectivity index is 2.09. The average molecular weight is 415 g/mol. The van der Waals surface area contributed by atoms with Gasteiger partial charge in [-0.3, -0.25) is 4.79 Å². The second kappa shape index (κ2) is 8.31. The Hall–Kier alpha value is -3.76. The molecule has 0 radical (unpaired) electrons. The third kappa shape index (κ3) is 4.99. The molecule has 11 heteroatoms. The first-order valence-corrected chi connectivity index (χ1v) is 8.82. The topological polar surface area (TPSA) is 115 Å². The van der Waals surface area contributed by atoms with Gasteiger partial charge in [-0.2, -0.15) is 13.8 Å². The van der Waals surface area contributed by atoms with Gasteiger partial charge in [0, 0.05) is 43.9 Å². The normalized spacial score (nSPS) is 11.1. The second-order valence-corrected chi connectivity index (χ2v) is 6.42. The molecule has 0 aliphatic carbocycles. The molecule has 3 aromatic heterocycles. The Labute approximate surface area is 171 Å². The van der Waals surface area contributed by atoms with Crippen LogP contribution in [0.15, 0.2) is 30.6 Å². The highest BCUT2D eigenvalue weighted by atomic mass is 19.3. The number of pyridine rings is 1. The molecule has 2 N–H and O–H groups in total. The molecular formula is C19H19F2N7O2. The zero-order valence-electron chi connectivity index (χ0n) is 16.7. The Morgan fingerprint density at radius 1 is 1.13 bits per heavy atom. The van der Waals surface area contributed by atoms with E-state index in [0.717, 1.165) is 6.92 Å². The molecule has 3 aromatic rings. The summed E-state index contributed by atoms with van der Waals surface area (Å²) in [6, 6.07) is 4.61. The maximum absolute atomic E-state index is 13.6. The number of alkyl halides is 2. The minimum Gasteiger partial charge on any atom is -0.481 e. The van der Waals surface area contributed by atoms with E-state index in [4.69, 9.17) is 4.74 Å². The van der Waals surface area contributed by atoms with E-state index in [-0.39, 0.29) is 17.5 Å². The largest absolute Gasteiger partial charge is 0.481 e. The van der Waals surface area contributed by atoms with Crippen LogP contribution < -0.4 is 15.4 Å². The van der Waals surface area contributed by atoms with E-state index in [0.29, 0.717) is 28.6 Å². The number of methoxy groups -OCH3 is 1. The van der Waals surface area contributed by atoms with Crippen molar-refractivity contribution in [1.29, 1.82) is 0 Å². The highest BCUT2D eigenvalue weighted by Gasteiger charge is 2.28. The van der Waals surface area contributed by atoms with E-state index >= 15 is 0 Å². The Morgan fingerprint density at radius 2 is 1.90 bits per heavy atom. The first-order valence-electron chi connectivity index (χ1n) is 8.82. The minimum absolute atomic E-state index is 0.139. The number of nitrogens with one attached hydrogen (secondary N) is 2. The molecule has 3 heterocycles. The van der Waals surface area contributed by atoms with Crippen LogP contribution in [0.25, 0.3) is 11.3 Å². The fraction of sp³-hybridized carbons (Fsp3) is 0.263. The smallest absolute Gasteiger partial charge is 0.303 e. The molecule has 0 saturated carbocycles. The van der Waals surface area contributed by atoms with Gasteiger partial charge in [0.2, 0.25) is 17.6 Å². The maximum Gasteiger partial charge on any atom is 0.303 e. The lowest BCUT2D eigenvalue weighted by molar-refractivity contribution is -0.114. The summed E-state index contributed by atoms with van der Waals surface area (Å²) >= 11 is 0. The predicted molar refractivity (Wildman–Crippen MR) is 106 cm³/mol. The second-order valence-electron chi connectivity index (χ2n) is 6.42. The third-order valence-electron chi connectivity index (χ3n) is 3.82. The maximum atomic E-state index is 13.6. The molecule has 0 atom stereocenters. The Bertz CT molecular complexity index is 1090. The molecule has 0 fully saturated rings. The number of halogens is 2. The molecule has 0 unspecified atom stereocenters. The van der Waals surface area contributed by atoms with E-state index in [1.54, 1.807) is 19.1 Å². The van der Waals surface area contributed by atoms with Crippen molar-refractivity contribution < 1.29 is 18.3 Å². The van der Waals surface area contributed by atoms with Gasteiger partial charge < -0.3 is 15.4 Å². The van der Waals surface area contributed by atoms with Gasteiger partial charge in [-0.05, 0) is 13.0 Å². The van der Waals surface area contributed by atoms with E-state index in [2.05, 4.69) is 35.6 Å². The van der Waals surface area contributed by atoms with Gasteiger partial charge in [0.1, 0.15) is 17.5 Å². The first-order chi connectivity index (χ1) is 14.2. The van der Waals surface area contributed by atoms with Crippen LogP contribution in [-0.2, 0) is 10.7 Å². The molecule has 9 nitrogen and oxygen atoms in total. The summed E-state index contributed by atoms with van der Waals surface area (Å²) < 4.78 is 32.4. The number of aromatic nitrogens is 5. The summed E-state index contributed by atoms with van der Waals surface area (Å²) in [5.41, 5.74) is 1.44. The molecule has 0 spiro atoms. The van der Waals surface area contributed by atoms with Gasteiger partial charge in [-0.1, -0.05) is 0 Å². The molecule has 156 valence electrons. The highest BCUT2D eigenvalue weighted by molar-refractivity contribution is 5.89. The fourth-order valence-corrected chi connectivity index (χ4v) is 2.57. The molecule has 3 rings (SSSR count). The van der Waals surface area contributed by atoms with Crippen molar-refractivity contribution in [3.63, 3.8) is 0 Å². The van der Waals surface area contributed by atoms with Gasteiger partial charge in [-0.25, -0.2) is 19.9 Å². The number of rotatable bonds is 6. The number of carbonyl (C=O) groups excluding carboxylic acids is 1. The molecule has 0 bridgehead atoms.